The number of aliphatic hydroxyl groups excluding tert-OH is 1. The first kappa shape index (κ1) is 15.4. The van der Waals surface area contributed by atoms with E-state index in [1.54, 1.807) is 18.2 Å². The number of benzene rings is 1. The topological polar surface area (TPSA) is 66.4 Å². The quantitative estimate of drug-likeness (QED) is 0.823. The van der Waals surface area contributed by atoms with Crippen LogP contribution in [0.25, 0.3) is 0 Å². The van der Waals surface area contributed by atoms with E-state index in [0.717, 1.165) is 24.3 Å². The maximum atomic E-state index is 12.3. The van der Waals surface area contributed by atoms with Crippen molar-refractivity contribution < 1.29 is 13.5 Å². The van der Waals surface area contributed by atoms with Crippen LogP contribution >= 0.6 is 11.8 Å². The van der Waals surface area contributed by atoms with Gasteiger partial charge in [0.2, 0.25) is 10.0 Å². The van der Waals surface area contributed by atoms with E-state index in [-0.39, 0.29) is 17.5 Å². The molecule has 0 unspecified atom stereocenters. The average molecular weight is 311 g/mol. The van der Waals surface area contributed by atoms with E-state index in [9.17, 15) is 8.42 Å². The molecule has 108 valence electrons. The Labute approximate surface area is 124 Å². The van der Waals surface area contributed by atoms with Gasteiger partial charge in [-0.1, -0.05) is 17.9 Å². The molecule has 0 amide bonds. The summed E-state index contributed by atoms with van der Waals surface area (Å²) in [6, 6.07) is 6.49. The van der Waals surface area contributed by atoms with E-state index >= 15 is 0 Å². The first-order chi connectivity index (χ1) is 9.62. The monoisotopic (exact) mass is 311 g/mol. The summed E-state index contributed by atoms with van der Waals surface area (Å²) >= 11 is 1.86. The standard InChI is InChI=1S/C14H17NO3S2/c16-8-2-4-12-3-1-5-14(11-12)20(17,18)15-13-6-9-19-10-7-13/h1,3,5,11,13,15-16H,6-10H2. The van der Waals surface area contributed by atoms with E-state index in [1.807, 2.05) is 11.8 Å². The van der Waals surface area contributed by atoms with Gasteiger partial charge in [0.25, 0.3) is 0 Å². The maximum absolute atomic E-state index is 12.3. The number of hydrogen-bond acceptors (Lipinski definition) is 4. The van der Waals surface area contributed by atoms with Crippen LogP contribution < -0.4 is 4.72 Å². The second-order valence-corrected chi connectivity index (χ2v) is 7.43. The number of nitrogens with one attached hydrogen (secondary N) is 1. The molecular weight excluding hydrogens is 294 g/mol. The smallest absolute Gasteiger partial charge is 0.240 e. The molecule has 6 heteroatoms. The van der Waals surface area contributed by atoms with Crippen LogP contribution in [-0.2, 0) is 10.0 Å². The molecule has 0 saturated carbocycles. The Balaban J connectivity index is 2.16. The highest BCUT2D eigenvalue weighted by Crippen LogP contribution is 2.19. The van der Waals surface area contributed by atoms with Crippen molar-refractivity contribution in [1.82, 2.24) is 4.72 Å². The molecule has 0 spiro atoms. The third-order valence-electron chi connectivity index (χ3n) is 3.00. The van der Waals surface area contributed by atoms with Crippen LogP contribution in [0.2, 0.25) is 0 Å². The molecule has 1 heterocycles. The van der Waals surface area contributed by atoms with Crippen molar-refractivity contribution in [3.63, 3.8) is 0 Å². The molecule has 1 fully saturated rings. The van der Waals surface area contributed by atoms with Gasteiger partial charge in [-0.25, -0.2) is 13.1 Å². The summed E-state index contributed by atoms with van der Waals surface area (Å²) in [5, 5.41) is 8.67. The molecule has 0 aliphatic carbocycles. The molecule has 0 radical (unpaired) electrons. The van der Waals surface area contributed by atoms with E-state index in [4.69, 9.17) is 5.11 Å². The largest absolute Gasteiger partial charge is 0.384 e. The van der Waals surface area contributed by atoms with Gasteiger partial charge in [0, 0.05) is 11.6 Å². The third kappa shape index (κ3) is 4.25. The minimum Gasteiger partial charge on any atom is -0.384 e. The van der Waals surface area contributed by atoms with Gasteiger partial charge in [0.15, 0.2) is 0 Å². The van der Waals surface area contributed by atoms with E-state index < -0.39 is 10.0 Å². The highest BCUT2D eigenvalue weighted by molar-refractivity contribution is 7.99. The average Bonchev–Trinajstić information content (AvgIpc) is 2.46. The van der Waals surface area contributed by atoms with Crippen LogP contribution in [0.5, 0.6) is 0 Å². The van der Waals surface area contributed by atoms with Gasteiger partial charge in [0.05, 0.1) is 4.90 Å². The lowest BCUT2D eigenvalue weighted by molar-refractivity contribution is 0.350. The van der Waals surface area contributed by atoms with Crippen LogP contribution in [0.15, 0.2) is 29.2 Å². The van der Waals surface area contributed by atoms with Gasteiger partial charge in [-0.15, -0.1) is 0 Å². The Bertz CT molecular complexity index is 611. The van der Waals surface area contributed by atoms with E-state index in [1.165, 1.54) is 6.07 Å². The van der Waals surface area contributed by atoms with Crippen molar-refractivity contribution in [3.05, 3.63) is 29.8 Å². The normalized spacial score (nSPS) is 16.4. The fourth-order valence-corrected chi connectivity index (χ4v) is 4.44. The Morgan fingerprint density at radius 1 is 1.35 bits per heavy atom. The summed E-state index contributed by atoms with van der Waals surface area (Å²) in [5.41, 5.74) is 0.584. The SMILES string of the molecule is O=S(=O)(NC1CCSCC1)c1cccc(C#CCO)c1. The second-order valence-electron chi connectivity index (χ2n) is 4.50. The number of aliphatic hydroxyl groups is 1. The summed E-state index contributed by atoms with van der Waals surface area (Å²) in [5.74, 6) is 7.22. The molecule has 4 nitrogen and oxygen atoms in total. The molecular formula is C14H17NO3S2. The molecule has 0 aromatic heterocycles. The van der Waals surface area contributed by atoms with E-state index in [0.29, 0.717) is 5.56 Å². The van der Waals surface area contributed by atoms with Crippen molar-refractivity contribution in [2.45, 2.75) is 23.8 Å². The first-order valence-corrected chi connectivity index (χ1v) is 9.05. The lowest BCUT2D eigenvalue weighted by atomic mass is 10.2. The lowest BCUT2D eigenvalue weighted by Crippen LogP contribution is -2.37. The summed E-state index contributed by atoms with van der Waals surface area (Å²) in [6.07, 6.45) is 1.74. The van der Waals surface area contributed by atoms with Crippen molar-refractivity contribution in [3.8, 4) is 11.8 Å². The summed E-state index contributed by atoms with van der Waals surface area (Å²) < 4.78 is 27.4. The van der Waals surface area contributed by atoms with Crippen molar-refractivity contribution >= 4 is 21.8 Å². The van der Waals surface area contributed by atoms with Crippen LogP contribution in [-0.4, -0.2) is 37.7 Å². The zero-order valence-electron chi connectivity index (χ0n) is 11.0. The van der Waals surface area contributed by atoms with Gasteiger partial charge < -0.3 is 5.11 Å². The minimum absolute atomic E-state index is 0.0217. The van der Waals surface area contributed by atoms with Gasteiger partial charge >= 0.3 is 0 Å². The number of thioether (sulfide) groups is 1. The zero-order valence-corrected chi connectivity index (χ0v) is 12.6. The molecule has 0 bridgehead atoms. The minimum atomic E-state index is -3.50. The highest BCUT2D eigenvalue weighted by Gasteiger charge is 2.21. The Morgan fingerprint density at radius 3 is 2.80 bits per heavy atom. The Kier molecular flexibility index (Phi) is 5.49. The van der Waals surface area contributed by atoms with Crippen molar-refractivity contribution in [2.24, 2.45) is 0 Å². The molecule has 1 aliphatic heterocycles. The first-order valence-electron chi connectivity index (χ1n) is 6.42. The summed E-state index contributed by atoms with van der Waals surface area (Å²) in [7, 11) is -3.50. The van der Waals surface area contributed by atoms with Gasteiger partial charge in [-0.2, -0.15) is 11.8 Å². The summed E-state index contributed by atoms with van der Waals surface area (Å²) in [4.78, 5) is 0.223. The van der Waals surface area contributed by atoms with Crippen LogP contribution in [0.4, 0.5) is 0 Å². The van der Waals surface area contributed by atoms with Gasteiger partial charge in [-0.3, -0.25) is 0 Å². The lowest BCUT2D eigenvalue weighted by Gasteiger charge is -2.22. The molecule has 1 aromatic carbocycles. The predicted octanol–water partition coefficient (Wildman–Crippen LogP) is 1.20. The number of sulfonamides is 1. The molecule has 1 saturated heterocycles. The molecule has 2 rings (SSSR count). The third-order valence-corrected chi connectivity index (χ3v) is 5.57. The highest BCUT2D eigenvalue weighted by atomic mass is 32.2. The van der Waals surface area contributed by atoms with E-state index in [2.05, 4.69) is 16.6 Å². The Hall–Kier alpha value is -1.00. The molecule has 1 aliphatic rings. The summed E-state index contributed by atoms with van der Waals surface area (Å²) in [6.45, 7) is -0.241. The molecule has 20 heavy (non-hydrogen) atoms. The molecule has 1 aromatic rings. The number of rotatable bonds is 3. The van der Waals surface area contributed by atoms with Gasteiger partial charge in [0.1, 0.15) is 6.61 Å². The molecule has 2 N–H and O–H groups in total. The fraction of sp³-hybridized carbons (Fsp3) is 0.429. The Morgan fingerprint density at radius 2 is 2.10 bits per heavy atom. The maximum Gasteiger partial charge on any atom is 0.240 e. The second kappa shape index (κ2) is 7.14. The van der Waals surface area contributed by atoms with Crippen LogP contribution in [0.3, 0.4) is 0 Å². The van der Waals surface area contributed by atoms with Crippen LogP contribution in [0.1, 0.15) is 18.4 Å². The molecule has 0 atom stereocenters. The van der Waals surface area contributed by atoms with Crippen molar-refractivity contribution in [2.75, 3.05) is 18.1 Å². The van der Waals surface area contributed by atoms with Gasteiger partial charge in [-0.05, 0) is 42.5 Å². The fourth-order valence-electron chi connectivity index (χ4n) is 1.99. The number of hydrogen-bond donors (Lipinski definition) is 2. The van der Waals surface area contributed by atoms with Crippen LogP contribution in [0, 0.1) is 11.8 Å². The zero-order chi connectivity index (χ0) is 14.4. The predicted molar refractivity (Wildman–Crippen MR) is 81.1 cm³/mol. The van der Waals surface area contributed by atoms with Crippen molar-refractivity contribution in [1.29, 1.82) is 0 Å².